The SMILES string of the molecule is CCOP(Cc1cc(C(C)C)no1)OCC. The number of nitrogens with zero attached hydrogens (tertiary/aromatic N) is 1. The lowest BCUT2D eigenvalue weighted by Crippen LogP contribution is -1.93. The van der Waals surface area contributed by atoms with Crippen molar-refractivity contribution in [2.75, 3.05) is 13.2 Å². The lowest BCUT2D eigenvalue weighted by Gasteiger charge is -2.13. The first-order valence-corrected chi connectivity index (χ1v) is 7.02. The van der Waals surface area contributed by atoms with Gasteiger partial charge in [-0.3, -0.25) is 0 Å². The van der Waals surface area contributed by atoms with Gasteiger partial charge in [-0.2, -0.15) is 0 Å². The smallest absolute Gasteiger partial charge is 0.178 e. The highest BCUT2D eigenvalue weighted by molar-refractivity contribution is 7.46. The van der Waals surface area contributed by atoms with Crippen molar-refractivity contribution in [1.82, 2.24) is 5.16 Å². The van der Waals surface area contributed by atoms with Crippen molar-refractivity contribution in [2.24, 2.45) is 0 Å². The second-order valence-electron chi connectivity index (χ2n) is 3.70. The van der Waals surface area contributed by atoms with Gasteiger partial charge in [-0.05, 0) is 19.8 Å². The lowest BCUT2D eigenvalue weighted by atomic mass is 10.1. The molecule has 0 radical (unpaired) electrons. The molecular weight excluding hydrogens is 225 g/mol. The van der Waals surface area contributed by atoms with Gasteiger partial charge in [-0.15, -0.1) is 0 Å². The Labute approximate surface area is 98.2 Å². The van der Waals surface area contributed by atoms with Crippen LogP contribution in [-0.2, 0) is 15.2 Å². The van der Waals surface area contributed by atoms with E-state index in [1.54, 1.807) is 0 Å². The summed E-state index contributed by atoms with van der Waals surface area (Å²) in [5.41, 5.74) is 0.984. The summed E-state index contributed by atoms with van der Waals surface area (Å²) in [6, 6.07) is 1.98. The molecule has 0 atom stereocenters. The summed E-state index contributed by atoms with van der Waals surface area (Å²) in [7, 11) is -0.877. The number of hydrogen-bond donors (Lipinski definition) is 0. The molecular formula is C11H20NO3P. The minimum absolute atomic E-state index is 0.392. The third-order valence-corrected chi connectivity index (χ3v) is 3.66. The molecule has 0 N–H and O–H groups in total. The second kappa shape index (κ2) is 7.00. The zero-order valence-electron chi connectivity index (χ0n) is 10.4. The zero-order chi connectivity index (χ0) is 12.0. The summed E-state index contributed by atoms with van der Waals surface area (Å²) in [6.07, 6.45) is 0.677. The van der Waals surface area contributed by atoms with Gasteiger partial charge in [-0.1, -0.05) is 19.0 Å². The van der Waals surface area contributed by atoms with E-state index >= 15 is 0 Å². The lowest BCUT2D eigenvalue weighted by molar-refractivity contribution is 0.265. The van der Waals surface area contributed by atoms with Crippen molar-refractivity contribution < 1.29 is 13.6 Å². The molecule has 0 aromatic carbocycles. The highest BCUT2D eigenvalue weighted by Crippen LogP contribution is 2.42. The van der Waals surface area contributed by atoms with E-state index in [2.05, 4.69) is 19.0 Å². The average molecular weight is 245 g/mol. The molecule has 1 aromatic rings. The normalized spacial score (nSPS) is 11.6. The third-order valence-electron chi connectivity index (χ3n) is 2.00. The minimum Gasteiger partial charge on any atom is -0.361 e. The van der Waals surface area contributed by atoms with Crippen LogP contribution in [0.25, 0.3) is 0 Å². The maximum absolute atomic E-state index is 5.51. The molecule has 16 heavy (non-hydrogen) atoms. The van der Waals surface area contributed by atoms with Crippen LogP contribution in [0.4, 0.5) is 0 Å². The Hall–Kier alpha value is -0.440. The van der Waals surface area contributed by atoms with Gasteiger partial charge in [0, 0.05) is 6.07 Å². The van der Waals surface area contributed by atoms with Gasteiger partial charge in [0.15, 0.2) is 8.38 Å². The van der Waals surface area contributed by atoms with Crippen molar-refractivity contribution in [3.63, 3.8) is 0 Å². The van der Waals surface area contributed by atoms with Gasteiger partial charge in [-0.25, -0.2) is 0 Å². The van der Waals surface area contributed by atoms with Gasteiger partial charge in [0.1, 0.15) is 5.76 Å². The van der Waals surface area contributed by atoms with Gasteiger partial charge < -0.3 is 13.6 Å². The first kappa shape index (κ1) is 13.6. The highest BCUT2D eigenvalue weighted by Gasteiger charge is 2.15. The zero-order valence-corrected chi connectivity index (χ0v) is 11.3. The van der Waals surface area contributed by atoms with E-state index in [0.29, 0.717) is 25.3 Å². The van der Waals surface area contributed by atoms with Crippen LogP contribution in [0.1, 0.15) is 45.1 Å². The maximum atomic E-state index is 5.51. The molecule has 0 amide bonds. The molecule has 0 saturated carbocycles. The first-order chi connectivity index (χ1) is 7.67. The molecule has 0 aliphatic carbocycles. The van der Waals surface area contributed by atoms with Crippen LogP contribution < -0.4 is 0 Å². The first-order valence-electron chi connectivity index (χ1n) is 5.66. The summed E-state index contributed by atoms with van der Waals surface area (Å²) >= 11 is 0. The molecule has 4 nitrogen and oxygen atoms in total. The van der Waals surface area contributed by atoms with Crippen LogP contribution in [0, 0.1) is 0 Å². The van der Waals surface area contributed by atoms with Gasteiger partial charge in [0.25, 0.3) is 0 Å². The molecule has 5 heteroatoms. The van der Waals surface area contributed by atoms with E-state index in [1.807, 2.05) is 19.9 Å². The predicted molar refractivity (Wildman–Crippen MR) is 64.5 cm³/mol. The highest BCUT2D eigenvalue weighted by atomic mass is 31.2. The van der Waals surface area contributed by atoms with E-state index in [-0.39, 0.29) is 0 Å². The Morgan fingerprint density at radius 2 is 1.94 bits per heavy atom. The van der Waals surface area contributed by atoms with Crippen LogP contribution >= 0.6 is 8.38 Å². The Bertz CT molecular complexity index is 295. The Kier molecular flexibility index (Phi) is 5.96. The maximum Gasteiger partial charge on any atom is 0.178 e. The van der Waals surface area contributed by atoms with Crippen molar-refractivity contribution in [2.45, 2.75) is 39.8 Å². The van der Waals surface area contributed by atoms with E-state index < -0.39 is 8.38 Å². The molecule has 0 unspecified atom stereocenters. The van der Waals surface area contributed by atoms with Gasteiger partial charge in [0.05, 0.1) is 25.1 Å². The predicted octanol–water partition coefficient (Wildman–Crippen LogP) is 3.68. The quantitative estimate of drug-likeness (QED) is 0.687. The molecule has 0 aliphatic heterocycles. The fourth-order valence-electron chi connectivity index (χ4n) is 1.22. The van der Waals surface area contributed by atoms with Crippen LogP contribution in [0.15, 0.2) is 10.6 Å². The topological polar surface area (TPSA) is 44.5 Å². The number of rotatable bonds is 7. The molecule has 0 bridgehead atoms. The molecule has 0 spiro atoms. The van der Waals surface area contributed by atoms with Crippen molar-refractivity contribution in [1.29, 1.82) is 0 Å². The van der Waals surface area contributed by atoms with Gasteiger partial charge >= 0.3 is 0 Å². The fourth-order valence-corrected chi connectivity index (χ4v) is 2.46. The van der Waals surface area contributed by atoms with Crippen LogP contribution in [-0.4, -0.2) is 18.4 Å². The Morgan fingerprint density at radius 1 is 1.31 bits per heavy atom. The molecule has 1 aromatic heterocycles. The molecule has 1 heterocycles. The Balaban J connectivity index is 2.55. The third kappa shape index (κ3) is 4.20. The number of hydrogen-bond acceptors (Lipinski definition) is 4. The van der Waals surface area contributed by atoms with Crippen molar-refractivity contribution in [3.05, 3.63) is 17.5 Å². The Morgan fingerprint density at radius 3 is 2.38 bits per heavy atom. The van der Waals surface area contributed by atoms with E-state index in [1.165, 1.54) is 0 Å². The summed E-state index contributed by atoms with van der Waals surface area (Å²) in [5, 5.41) is 4.01. The summed E-state index contributed by atoms with van der Waals surface area (Å²) < 4.78 is 16.3. The van der Waals surface area contributed by atoms with E-state index in [4.69, 9.17) is 13.6 Å². The molecule has 0 fully saturated rings. The second-order valence-corrected chi connectivity index (χ2v) is 5.20. The molecule has 0 aliphatic rings. The summed E-state index contributed by atoms with van der Waals surface area (Å²) in [6.45, 7) is 9.45. The molecule has 0 saturated heterocycles. The summed E-state index contributed by atoms with van der Waals surface area (Å²) in [4.78, 5) is 0. The van der Waals surface area contributed by atoms with E-state index in [9.17, 15) is 0 Å². The largest absolute Gasteiger partial charge is 0.361 e. The number of aromatic nitrogens is 1. The fraction of sp³-hybridized carbons (Fsp3) is 0.727. The molecule has 1 rings (SSSR count). The van der Waals surface area contributed by atoms with Crippen LogP contribution in [0.3, 0.4) is 0 Å². The van der Waals surface area contributed by atoms with E-state index in [0.717, 1.165) is 11.5 Å². The van der Waals surface area contributed by atoms with Crippen molar-refractivity contribution >= 4 is 8.38 Å². The van der Waals surface area contributed by atoms with Crippen LogP contribution in [0.2, 0.25) is 0 Å². The monoisotopic (exact) mass is 245 g/mol. The van der Waals surface area contributed by atoms with Crippen molar-refractivity contribution in [3.8, 4) is 0 Å². The minimum atomic E-state index is -0.877. The molecule has 92 valence electrons. The standard InChI is InChI=1S/C11H20NO3P/c1-5-13-16(14-6-2)8-10-7-11(9(3)4)12-15-10/h7,9H,5-6,8H2,1-4H3. The summed E-state index contributed by atoms with van der Waals surface area (Å²) in [5.74, 6) is 1.24. The van der Waals surface area contributed by atoms with Gasteiger partial charge in [0.2, 0.25) is 0 Å². The average Bonchev–Trinajstić information content (AvgIpc) is 2.67. The van der Waals surface area contributed by atoms with Crippen LogP contribution in [0.5, 0.6) is 0 Å².